The van der Waals surface area contributed by atoms with Crippen molar-refractivity contribution in [1.82, 2.24) is 17.9 Å². The molecule has 0 bridgehead atoms. The van der Waals surface area contributed by atoms with Crippen molar-refractivity contribution < 1.29 is 4.79 Å². The Labute approximate surface area is 296 Å². The molecule has 6 heteroatoms. The van der Waals surface area contributed by atoms with Crippen LogP contribution in [0, 0.1) is 0 Å². The van der Waals surface area contributed by atoms with Crippen molar-refractivity contribution in [2.45, 2.75) is 66.2 Å². The average Bonchev–Trinajstić information content (AvgIpc) is 3.83. The SMILES string of the molecule is CC.CC(C)(C)c1c2ccccc2n2c3ccc4c5c3n(c12)-c1cccc2c1B5c1c(ccc3c1n-2c1c(C(C)(C)C)c2ccccc2n31)C4=O. The summed E-state index contributed by atoms with van der Waals surface area (Å²) >= 11 is 0. The van der Waals surface area contributed by atoms with E-state index in [-0.39, 0.29) is 23.3 Å². The highest BCUT2D eigenvalue weighted by Gasteiger charge is 2.48. The number of nitrogens with zero attached hydrogens (tertiary/aromatic N) is 4. The Morgan fingerprint density at radius 3 is 1.35 bits per heavy atom. The van der Waals surface area contributed by atoms with Crippen molar-refractivity contribution in [2.75, 3.05) is 0 Å². The van der Waals surface area contributed by atoms with Crippen LogP contribution in [0.25, 0.3) is 66.5 Å². The van der Waals surface area contributed by atoms with E-state index >= 15 is 0 Å². The molecule has 0 N–H and O–H groups in total. The molecular weight excluding hydrogens is 623 g/mol. The molecule has 0 atom stereocenters. The Morgan fingerprint density at radius 1 is 0.490 bits per heavy atom. The summed E-state index contributed by atoms with van der Waals surface area (Å²) < 4.78 is 9.98. The number of hydrogen-bond donors (Lipinski definition) is 0. The molecule has 0 unspecified atom stereocenters. The highest BCUT2D eigenvalue weighted by molar-refractivity contribution is 7.02. The lowest BCUT2D eigenvalue weighted by molar-refractivity contribution is 0.104. The molecule has 0 spiro atoms. The van der Waals surface area contributed by atoms with Gasteiger partial charge >= 0.3 is 0 Å². The van der Waals surface area contributed by atoms with Crippen LogP contribution in [-0.2, 0) is 10.8 Å². The molecule has 0 radical (unpaired) electrons. The van der Waals surface area contributed by atoms with Crippen molar-refractivity contribution in [1.29, 1.82) is 0 Å². The summed E-state index contributed by atoms with van der Waals surface area (Å²) in [6, 6.07) is 33.2. The first-order valence-electron chi connectivity index (χ1n) is 18.5. The maximum atomic E-state index is 14.8. The van der Waals surface area contributed by atoms with Crippen LogP contribution < -0.4 is 16.4 Å². The number of carbonyl (C=O) groups excluding carboxylic acids is 1. The summed E-state index contributed by atoms with van der Waals surface area (Å²) in [5.74, 6) is 0.129. The molecule has 51 heavy (non-hydrogen) atoms. The van der Waals surface area contributed by atoms with Gasteiger partial charge in [-0.3, -0.25) is 22.7 Å². The van der Waals surface area contributed by atoms with Gasteiger partial charge in [-0.2, -0.15) is 0 Å². The summed E-state index contributed by atoms with van der Waals surface area (Å²) in [5, 5.41) is 2.57. The topological polar surface area (TPSA) is 35.8 Å². The van der Waals surface area contributed by atoms with Crippen LogP contribution in [0.5, 0.6) is 0 Å². The zero-order chi connectivity index (χ0) is 35.0. The Bertz CT molecular complexity index is 2890. The first kappa shape index (κ1) is 29.3. The van der Waals surface area contributed by atoms with Gasteiger partial charge in [0.25, 0.3) is 6.71 Å². The lowest BCUT2D eigenvalue weighted by Gasteiger charge is -2.37. The standard InChI is InChI=1S/C43H33BN4O.C2H6/c1-42(2,3)32-22-12-7-9-14-26(22)45-30-20-18-24-34-37(30)47(40(32)45)28-16-11-17-29-36(28)44(34)35-25(39(24)49)19-21-31-38(35)48(29)41-33(43(4,5)6)23-13-8-10-15-27(23)46(31)41;1-2/h7-21H,1-6H3;1-2H3. The van der Waals surface area contributed by atoms with Gasteiger partial charge in [0.05, 0.1) is 33.1 Å². The van der Waals surface area contributed by atoms with Gasteiger partial charge in [-0.1, -0.05) is 97.9 Å². The highest BCUT2D eigenvalue weighted by atomic mass is 16.1. The van der Waals surface area contributed by atoms with E-state index in [1.165, 1.54) is 72.1 Å². The summed E-state index contributed by atoms with van der Waals surface area (Å²) in [6.45, 7) is 17.9. The predicted molar refractivity (Wildman–Crippen MR) is 214 cm³/mol. The first-order chi connectivity index (χ1) is 24.6. The molecule has 0 amide bonds. The highest BCUT2D eigenvalue weighted by Crippen LogP contribution is 2.46. The molecule has 248 valence electrons. The van der Waals surface area contributed by atoms with E-state index in [1.54, 1.807) is 0 Å². The molecule has 0 fully saturated rings. The van der Waals surface area contributed by atoms with Crippen LogP contribution in [0.1, 0.15) is 82.4 Å². The first-order valence-corrected chi connectivity index (χ1v) is 18.5. The molecule has 0 aliphatic carbocycles. The third-order valence-corrected chi connectivity index (χ3v) is 11.8. The number of ketones is 1. The van der Waals surface area contributed by atoms with Crippen molar-refractivity contribution in [2.24, 2.45) is 0 Å². The van der Waals surface area contributed by atoms with Gasteiger partial charge in [-0.05, 0) is 75.7 Å². The Balaban J connectivity index is 0.00000153. The largest absolute Gasteiger partial charge is 0.295 e. The molecule has 5 nitrogen and oxygen atoms in total. The van der Waals surface area contributed by atoms with Crippen LogP contribution in [0.15, 0.2) is 91.0 Å². The molecule has 3 aliphatic rings. The second-order valence-electron chi connectivity index (χ2n) is 16.5. The third kappa shape index (κ3) is 3.12. The van der Waals surface area contributed by atoms with Crippen molar-refractivity contribution >= 4 is 84.1 Å². The fourth-order valence-corrected chi connectivity index (χ4v) is 10.3. The van der Waals surface area contributed by atoms with E-state index < -0.39 is 0 Å². The average molecular weight is 663 g/mol. The number of carbonyl (C=O) groups is 1. The number of rotatable bonds is 0. The van der Waals surface area contributed by atoms with E-state index in [1.807, 2.05) is 13.8 Å². The lowest BCUT2D eigenvalue weighted by atomic mass is 9.31. The van der Waals surface area contributed by atoms with Gasteiger partial charge < -0.3 is 0 Å². The van der Waals surface area contributed by atoms with Gasteiger partial charge in [0.15, 0.2) is 5.78 Å². The van der Waals surface area contributed by atoms with Crippen LogP contribution in [0.3, 0.4) is 0 Å². The number of imidazole rings is 2. The van der Waals surface area contributed by atoms with E-state index in [4.69, 9.17) is 0 Å². The molecule has 0 saturated carbocycles. The summed E-state index contributed by atoms with van der Waals surface area (Å²) in [4.78, 5) is 14.8. The normalized spacial score (nSPS) is 14.3. The lowest BCUT2D eigenvalue weighted by Crippen LogP contribution is -2.64. The van der Waals surface area contributed by atoms with Crippen molar-refractivity contribution in [3.8, 4) is 11.4 Å². The summed E-state index contributed by atoms with van der Waals surface area (Å²) in [7, 11) is 0. The number of hydrogen-bond acceptors (Lipinski definition) is 1. The molecule has 5 aromatic carbocycles. The van der Waals surface area contributed by atoms with Gasteiger partial charge in [0, 0.05) is 44.4 Å². The minimum atomic E-state index is -0.115. The Morgan fingerprint density at radius 2 is 0.922 bits per heavy atom. The number of para-hydroxylation sites is 2. The molecule has 9 aromatic rings. The quantitative estimate of drug-likeness (QED) is 0.150. The van der Waals surface area contributed by atoms with Crippen LogP contribution in [0.4, 0.5) is 0 Å². The molecule has 7 heterocycles. The van der Waals surface area contributed by atoms with Crippen molar-refractivity contribution in [3.63, 3.8) is 0 Å². The Hall–Kier alpha value is -5.49. The minimum absolute atomic E-state index is 0.0331. The van der Waals surface area contributed by atoms with Crippen molar-refractivity contribution in [3.05, 3.63) is 113 Å². The summed E-state index contributed by atoms with van der Waals surface area (Å²) in [6.07, 6.45) is 0. The smallest absolute Gasteiger partial charge is 0.254 e. The van der Waals surface area contributed by atoms with E-state index in [2.05, 4.69) is 150 Å². The van der Waals surface area contributed by atoms with Crippen LogP contribution >= 0.6 is 0 Å². The van der Waals surface area contributed by atoms with Gasteiger partial charge in [-0.25, -0.2) is 0 Å². The number of fused-ring (bicyclic) bond motifs is 12. The van der Waals surface area contributed by atoms with E-state index in [0.29, 0.717) is 0 Å². The molecule has 4 aromatic heterocycles. The van der Waals surface area contributed by atoms with Crippen LogP contribution in [-0.4, -0.2) is 30.4 Å². The zero-order valence-corrected chi connectivity index (χ0v) is 30.4. The Kier molecular flexibility index (Phi) is 5.19. The van der Waals surface area contributed by atoms with Crippen LogP contribution in [0.2, 0.25) is 0 Å². The maximum Gasteiger partial charge on any atom is 0.254 e. The van der Waals surface area contributed by atoms with Gasteiger partial charge in [-0.15, -0.1) is 0 Å². The molecular formula is C45H39BN4O. The van der Waals surface area contributed by atoms with Gasteiger partial charge in [0.2, 0.25) is 0 Å². The fraction of sp³-hybridized carbons (Fsp3) is 0.222. The fourth-order valence-electron chi connectivity index (χ4n) is 10.3. The van der Waals surface area contributed by atoms with E-state index in [9.17, 15) is 4.79 Å². The monoisotopic (exact) mass is 662 g/mol. The molecule has 0 saturated heterocycles. The summed E-state index contributed by atoms with van der Waals surface area (Å²) in [5.41, 5.74) is 19.6. The molecule has 12 rings (SSSR count). The predicted octanol–water partition coefficient (Wildman–Crippen LogP) is 8.69. The third-order valence-electron chi connectivity index (χ3n) is 11.8. The maximum absolute atomic E-state index is 14.8. The van der Waals surface area contributed by atoms with E-state index in [0.717, 1.165) is 33.1 Å². The second kappa shape index (κ2) is 9.05. The second-order valence-corrected chi connectivity index (χ2v) is 16.5. The molecule has 3 aliphatic heterocycles. The number of aromatic nitrogens is 4. The van der Waals surface area contributed by atoms with Gasteiger partial charge in [0.1, 0.15) is 11.3 Å². The zero-order valence-electron chi connectivity index (χ0n) is 30.4. The number of benzene rings is 5. The minimum Gasteiger partial charge on any atom is -0.295 e.